The number of fused-ring (bicyclic) bond motifs is 1. The molecular formula is C16H20N2O. The fraction of sp³-hybridized carbons (Fsp3) is 0.438. The first-order valence-corrected chi connectivity index (χ1v) is 6.96. The second kappa shape index (κ2) is 5.68. The molecule has 3 heteroatoms. The van der Waals surface area contributed by atoms with E-state index in [2.05, 4.69) is 34.6 Å². The number of hydrogen-bond acceptors (Lipinski definition) is 3. The smallest absolute Gasteiger partial charge is 0.0705 e. The summed E-state index contributed by atoms with van der Waals surface area (Å²) in [7, 11) is 2.03. The molecule has 1 N–H and O–H groups in total. The fourth-order valence-corrected chi connectivity index (χ4v) is 2.82. The minimum Gasteiger partial charge on any atom is -0.381 e. The van der Waals surface area contributed by atoms with Crippen molar-refractivity contribution in [2.75, 3.05) is 20.3 Å². The van der Waals surface area contributed by atoms with Gasteiger partial charge in [0.05, 0.1) is 5.52 Å². The average molecular weight is 256 g/mol. The summed E-state index contributed by atoms with van der Waals surface area (Å²) in [4.78, 5) is 4.44. The number of ether oxygens (including phenoxy) is 1. The minimum absolute atomic E-state index is 0.387. The second-order valence-corrected chi connectivity index (χ2v) is 5.26. The predicted octanol–water partition coefficient (Wildman–Crippen LogP) is 2.92. The first kappa shape index (κ1) is 12.6. The Balaban J connectivity index is 1.83. The molecule has 0 bridgehead atoms. The Morgan fingerprint density at radius 1 is 1.42 bits per heavy atom. The molecular weight excluding hydrogens is 236 g/mol. The quantitative estimate of drug-likeness (QED) is 0.913. The van der Waals surface area contributed by atoms with Gasteiger partial charge in [-0.05, 0) is 43.5 Å². The summed E-state index contributed by atoms with van der Waals surface area (Å²) < 4.78 is 5.47. The van der Waals surface area contributed by atoms with E-state index >= 15 is 0 Å². The van der Waals surface area contributed by atoms with Crippen molar-refractivity contribution in [2.45, 2.75) is 18.9 Å². The van der Waals surface area contributed by atoms with Crippen LogP contribution in [0.1, 0.15) is 24.4 Å². The lowest BCUT2D eigenvalue weighted by Gasteiger charge is -2.20. The highest BCUT2D eigenvalue weighted by Gasteiger charge is 2.21. The molecule has 0 spiro atoms. The van der Waals surface area contributed by atoms with Gasteiger partial charge in [0.2, 0.25) is 0 Å². The third kappa shape index (κ3) is 2.77. The van der Waals surface area contributed by atoms with Gasteiger partial charge in [0.15, 0.2) is 0 Å². The lowest BCUT2D eigenvalue weighted by Crippen LogP contribution is -2.20. The molecule has 1 saturated heterocycles. The lowest BCUT2D eigenvalue weighted by molar-refractivity contribution is 0.181. The Morgan fingerprint density at radius 2 is 2.37 bits per heavy atom. The summed E-state index contributed by atoms with van der Waals surface area (Å²) in [5.41, 5.74) is 2.39. The van der Waals surface area contributed by atoms with Crippen LogP contribution in [0.2, 0.25) is 0 Å². The third-order valence-electron chi connectivity index (χ3n) is 3.97. The van der Waals surface area contributed by atoms with Gasteiger partial charge in [-0.3, -0.25) is 4.98 Å². The van der Waals surface area contributed by atoms with Gasteiger partial charge in [0, 0.05) is 30.8 Å². The molecule has 3 nitrogen and oxygen atoms in total. The molecule has 2 aromatic rings. The molecule has 1 fully saturated rings. The van der Waals surface area contributed by atoms with Crippen molar-refractivity contribution in [3.8, 4) is 0 Å². The van der Waals surface area contributed by atoms with Gasteiger partial charge in [0.1, 0.15) is 0 Å². The number of rotatable bonds is 4. The van der Waals surface area contributed by atoms with Gasteiger partial charge in [-0.2, -0.15) is 0 Å². The SMILES string of the molecule is CNC(CC1CCOC1)c1ccc2cccnc2c1. The van der Waals surface area contributed by atoms with E-state index in [-0.39, 0.29) is 0 Å². The molecule has 3 rings (SSSR count). The van der Waals surface area contributed by atoms with Crippen molar-refractivity contribution in [1.82, 2.24) is 10.3 Å². The maximum atomic E-state index is 5.47. The van der Waals surface area contributed by atoms with Crippen LogP contribution in [0.5, 0.6) is 0 Å². The van der Waals surface area contributed by atoms with Crippen LogP contribution in [-0.2, 0) is 4.74 Å². The largest absolute Gasteiger partial charge is 0.381 e. The molecule has 2 atom stereocenters. The van der Waals surface area contributed by atoms with Crippen molar-refractivity contribution in [1.29, 1.82) is 0 Å². The van der Waals surface area contributed by atoms with Crippen molar-refractivity contribution >= 4 is 10.9 Å². The highest BCUT2D eigenvalue weighted by atomic mass is 16.5. The summed E-state index contributed by atoms with van der Waals surface area (Å²) in [6, 6.07) is 11.0. The first-order valence-electron chi connectivity index (χ1n) is 6.96. The van der Waals surface area contributed by atoms with E-state index in [4.69, 9.17) is 4.74 Å². The summed E-state index contributed by atoms with van der Waals surface area (Å²) in [5, 5.41) is 4.63. The fourth-order valence-electron chi connectivity index (χ4n) is 2.82. The highest BCUT2D eigenvalue weighted by molar-refractivity contribution is 5.78. The Hall–Kier alpha value is -1.45. The van der Waals surface area contributed by atoms with Gasteiger partial charge in [0.25, 0.3) is 0 Å². The molecule has 0 saturated carbocycles. The second-order valence-electron chi connectivity index (χ2n) is 5.26. The number of hydrogen-bond donors (Lipinski definition) is 1. The number of nitrogens with zero attached hydrogens (tertiary/aromatic N) is 1. The average Bonchev–Trinajstić information content (AvgIpc) is 2.97. The van der Waals surface area contributed by atoms with E-state index in [9.17, 15) is 0 Å². The molecule has 1 aromatic carbocycles. The molecule has 1 aliphatic rings. The molecule has 0 amide bonds. The monoisotopic (exact) mass is 256 g/mol. The van der Waals surface area contributed by atoms with Gasteiger partial charge >= 0.3 is 0 Å². The number of pyridine rings is 1. The molecule has 0 aliphatic carbocycles. The van der Waals surface area contributed by atoms with E-state index < -0.39 is 0 Å². The van der Waals surface area contributed by atoms with Crippen molar-refractivity contribution in [2.24, 2.45) is 5.92 Å². The molecule has 2 heterocycles. The van der Waals surface area contributed by atoms with E-state index in [0.717, 1.165) is 25.2 Å². The lowest BCUT2D eigenvalue weighted by atomic mass is 9.93. The third-order valence-corrected chi connectivity index (χ3v) is 3.97. The summed E-state index contributed by atoms with van der Waals surface area (Å²) in [6.45, 7) is 1.82. The van der Waals surface area contributed by atoms with Gasteiger partial charge in [-0.15, -0.1) is 0 Å². The van der Waals surface area contributed by atoms with Crippen LogP contribution in [0.25, 0.3) is 10.9 Å². The van der Waals surface area contributed by atoms with Crippen LogP contribution in [-0.4, -0.2) is 25.2 Å². The van der Waals surface area contributed by atoms with Crippen molar-refractivity contribution in [3.63, 3.8) is 0 Å². The highest BCUT2D eigenvalue weighted by Crippen LogP contribution is 2.27. The van der Waals surface area contributed by atoms with Crippen LogP contribution < -0.4 is 5.32 Å². The maximum Gasteiger partial charge on any atom is 0.0705 e. The Morgan fingerprint density at radius 3 is 3.16 bits per heavy atom. The van der Waals surface area contributed by atoms with Gasteiger partial charge in [-0.1, -0.05) is 18.2 Å². The summed E-state index contributed by atoms with van der Waals surface area (Å²) in [5.74, 6) is 0.678. The first-order chi connectivity index (χ1) is 9.36. The summed E-state index contributed by atoms with van der Waals surface area (Å²) in [6.07, 6.45) is 4.17. The van der Waals surface area contributed by atoms with Gasteiger partial charge < -0.3 is 10.1 Å². The Kier molecular flexibility index (Phi) is 3.76. The molecule has 19 heavy (non-hydrogen) atoms. The van der Waals surface area contributed by atoms with E-state index in [1.807, 2.05) is 19.3 Å². The van der Waals surface area contributed by atoms with E-state index in [0.29, 0.717) is 12.0 Å². The van der Waals surface area contributed by atoms with Crippen molar-refractivity contribution in [3.05, 3.63) is 42.1 Å². The topological polar surface area (TPSA) is 34.1 Å². The maximum absolute atomic E-state index is 5.47. The minimum atomic E-state index is 0.387. The zero-order valence-electron chi connectivity index (χ0n) is 11.3. The number of nitrogens with one attached hydrogen (secondary N) is 1. The number of benzene rings is 1. The molecule has 100 valence electrons. The summed E-state index contributed by atoms with van der Waals surface area (Å²) >= 11 is 0. The zero-order valence-corrected chi connectivity index (χ0v) is 11.3. The van der Waals surface area contributed by atoms with Crippen LogP contribution in [0, 0.1) is 5.92 Å². The Bertz CT molecular complexity index is 549. The van der Waals surface area contributed by atoms with E-state index in [1.165, 1.54) is 17.4 Å². The van der Waals surface area contributed by atoms with Crippen LogP contribution in [0.3, 0.4) is 0 Å². The molecule has 1 aliphatic heterocycles. The van der Waals surface area contributed by atoms with Crippen LogP contribution >= 0.6 is 0 Å². The van der Waals surface area contributed by atoms with E-state index in [1.54, 1.807) is 0 Å². The number of aromatic nitrogens is 1. The van der Waals surface area contributed by atoms with Crippen LogP contribution in [0.15, 0.2) is 36.5 Å². The Labute approximate surface area is 114 Å². The normalized spacial score (nSPS) is 20.8. The molecule has 0 radical (unpaired) electrons. The molecule has 2 unspecified atom stereocenters. The standard InChI is InChI=1S/C16H20N2O/c1-17-15(9-12-6-8-19-11-12)14-5-4-13-3-2-7-18-16(13)10-14/h2-5,7,10,12,15,17H,6,8-9,11H2,1H3. The van der Waals surface area contributed by atoms with Gasteiger partial charge in [-0.25, -0.2) is 0 Å². The predicted molar refractivity (Wildman–Crippen MR) is 77.1 cm³/mol. The van der Waals surface area contributed by atoms with Crippen LogP contribution in [0.4, 0.5) is 0 Å². The molecule has 1 aromatic heterocycles. The zero-order chi connectivity index (χ0) is 13.1. The van der Waals surface area contributed by atoms with Crippen molar-refractivity contribution < 1.29 is 4.74 Å².